The Kier molecular flexibility index (Phi) is 7.17. The summed E-state index contributed by atoms with van der Waals surface area (Å²) in [6.07, 6.45) is 1.65. The van der Waals surface area contributed by atoms with Crippen molar-refractivity contribution in [2.45, 2.75) is 39.8 Å². The Bertz CT molecular complexity index is 1010. The summed E-state index contributed by atoms with van der Waals surface area (Å²) in [6.45, 7) is 7.48. The van der Waals surface area contributed by atoms with Crippen LogP contribution < -0.4 is 10.1 Å². The van der Waals surface area contributed by atoms with Crippen LogP contribution in [0.3, 0.4) is 0 Å². The monoisotopic (exact) mass is 434 g/mol. The molecule has 0 bridgehead atoms. The van der Waals surface area contributed by atoms with E-state index in [0.717, 1.165) is 42.8 Å². The Morgan fingerprint density at radius 1 is 1.12 bits per heavy atom. The second kappa shape index (κ2) is 10.4. The first-order valence-electron chi connectivity index (χ1n) is 11.2. The van der Waals surface area contributed by atoms with E-state index in [1.165, 1.54) is 5.56 Å². The van der Waals surface area contributed by atoms with E-state index in [0.29, 0.717) is 31.4 Å². The second-order valence-electron chi connectivity index (χ2n) is 8.22. The lowest BCUT2D eigenvalue weighted by Crippen LogP contribution is -2.40. The maximum absolute atomic E-state index is 12.6. The van der Waals surface area contributed by atoms with Crippen molar-refractivity contribution < 1.29 is 14.1 Å². The third kappa shape index (κ3) is 5.73. The van der Waals surface area contributed by atoms with Crippen molar-refractivity contribution in [3.63, 3.8) is 0 Å². The Labute approximate surface area is 188 Å². The number of nitrogens with zero attached hydrogens (tertiary/aromatic N) is 3. The van der Waals surface area contributed by atoms with Gasteiger partial charge >= 0.3 is 0 Å². The fourth-order valence-electron chi connectivity index (χ4n) is 3.89. The predicted octanol–water partition coefficient (Wildman–Crippen LogP) is 3.97. The molecule has 0 unspecified atom stereocenters. The standard InChI is InChI=1S/C25H30N4O3/c1-3-31-22-10-6-19(7-11-22)16-26-25(30)21-12-14-29(15-13-21)17-23-27-24(28-32-23)20-8-4-18(2)5-9-20/h4-11,21H,3,12-17H2,1-2H3,(H,26,30). The zero-order valence-corrected chi connectivity index (χ0v) is 18.7. The zero-order chi connectivity index (χ0) is 22.3. The van der Waals surface area contributed by atoms with Crippen molar-refractivity contribution in [2.75, 3.05) is 19.7 Å². The van der Waals surface area contributed by atoms with Gasteiger partial charge < -0.3 is 14.6 Å². The van der Waals surface area contributed by atoms with Crippen LogP contribution in [-0.2, 0) is 17.9 Å². The van der Waals surface area contributed by atoms with Gasteiger partial charge in [0.25, 0.3) is 0 Å². The van der Waals surface area contributed by atoms with Crippen LogP contribution >= 0.6 is 0 Å². The van der Waals surface area contributed by atoms with Gasteiger partial charge in [0.2, 0.25) is 17.6 Å². The fraction of sp³-hybridized carbons (Fsp3) is 0.400. The van der Waals surface area contributed by atoms with Gasteiger partial charge in [-0.25, -0.2) is 0 Å². The summed E-state index contributed by atoms with van der Waals surface area (Å²) in [4.78, 5) is 19.4. The highest BCUT2D eigenvalue weighted by Gasteiger charge is 2.26. The molecule has 1 aliphatic heterocycles. The van der Waals surface area contributed by atoms with E-state index in [1.807, 2.05) is 55.5 Å². The summed E-state index contributed by atoms with van der Waals surface area (Å²) in [5, 5.41) is 7.18. The SMILES string of the molecule is CCOc1ccc(CNC(=O)C2CCN(Cc3nc(-c4ccc(C)cc4)no3)CC2)cc1. The van der Waals surface area contributed by atoms with E-state index in [2.05, 4.69) is 27.3 Å². The molecule has 2 heterocycles. The number of carbonyl (C=O) groups excluding carboxylic acids is 1. The highest BCUT2D eigenvalue weighted by Crippen LogP contribution is 2.21. The van der Waals surface area contributed by atoms with Crippen LogP contribution in [0.1, 0.15) is 36.8 Å². The van der Waals surface area contributed by atoms with Crippen molar-refractivity contribution in [2.24, 2.45) is 5.92 Å². The van der Waals surface area contributed by atoms with E-state index in [4.69, 9.17) is 9.26 Å². The molecule has 1 N–H and O–H groups in total. The maximum Gasteiger partial charge on any atom is 0.241 e. The van der Waals surface area contributed by atoms with Crippen molar-refractivity contribution >= 4 is 5.91 Å². The molecule has 1 aliphatic rings. The van der Waals surface area contributed by atoms with Crippen LogP contribution in [0.2, 0.25) is 0 Å². The third-order valence-electron chi connectivity index (χ3n) is 5.80. The van der Waals surface area contributed by atoms with Gasteiger partial charge in [-0.3, -0.25) is 9.69 Å². The smallest absolute Gasteiger partial charge is 0.241 e. The number of amides is 1. The van der Waals surface area contributed by atoms with Gasteiger partial charge in [0.05, 0.1) is 13.2 Å². The molecule has 0 aliphatic carbocycles. The first-order chi connectivity index (χ1) is 15.6. The van der Waals surface area contributed by atoms with Crippen LogP contribution in [0, 0.1) is 12.8 Å². The summed E-state index contributed by atoms with van der Waals surface area (Å²) in [5.74, 6) is 2.24. The molecule has 32 heavy (non-hydrogen) atoms. The van der Waals surface area contributed by atoms with Crippen LogP contribution in [0.4, 0.5) is 0 Å². The van der Waals surface area contributed by atoms with Crippen LogP contribution in [0.5, 0.6) is 5.75 Å². The minimum Gasteiger partial charge on any atom is -0.494 e. The summed E-state index contributed by atoms with van der Waals surface area (Å²) < 4.78 is 10.9. The minimum atomic E-state index is 0.0414. The molecular weight excluding hydrogens is 404 g/mol. The van der Waals surface area contributed by atoms with Crippen molar-refractivity contribution in [1.82, 2.24) is 20.4 Å². The van der Waals surface area contributed by atoms with Crippen LogP contribution in [-0.4, -0.2) is 40.6 Å². The lowest BCUT2D eigenvalue weighted by Gasteiger charge is -2.30. The Hall–Kier alpha value is -3.19. The number of nitrogens with one attached hydrogen (secondary N) is 1. The van der Waals surface area contributed by atoms with Crippen LogP contribution in [0.15, 0.2) is 53.1 Å². The summed E-state index contributed by atoms with van der Waals surface area (Å²) >= 11 is 0. The molecule has 2 aromatic carbocycles. The Balaban J connectivity index is 1.22. The number of ether oxygens (including phenoxy) is 1. The van der Waals surface area contributed by atoms with Gasteiger partial charge in [0.15, 0.2) is 0 Å². The first-order valence-corrected chi connectivity index (χ1v) is 11.2. The van der Waals surface area contributed by atoms with Gasteiger partial charge in [-0.2, -0.15) is 4.98 Å². The third-order valence-corrected chi connectivity index (χ3v) is 5.80. The molecule has 1 saturated heterocycles. The maximum atomic E-state index is 12.6. The molecule has 1 aromatic heterocycles. The predicted molar refractivity (Wildman–Crippen MR) is 122 cm³/mol. The molecule has 7 nitrogen and oxygen atoms in total. The topological polar surface area (TPSA) is 80.5 Å². The van der Waals surface area contributed by atoms with Gasteiger partial charge in [-0.05, 0) is 57.5 Å². The lowest BCUT2D eigenvalue weighted by molar-refractivity contribution is -0.126. The molecular formula is C25H30N4O3. The normalized spacial score (nSPS) is 14.9. The molecule has 4 rings (SSSR count). The number of rotatable bonds is 8. The highest BCUT2D eigenvalue weighted by molar-refractivity contribution is 5.78. The van der Waals surface area contributed by atoms with E-state index < -0.39 is 0 Å². The highest BCUT2D eigenvalue weighted by atomic mass is 16.5. The number of carbonyl (C=O) groups is 1. The number of aryl methyl sites for hydroxylation is 1. The second-order valence-corrected chi connectivity index (χ2v) is 8.22. The lowest BCUT2D eigenvalue weighted by atomic mass is 9.96. The molecule has 7 heteroatoms. The number of aromatic nitrogens is 2. The number of hydrogen-bond acceptors (Lipinski definition) is 6. The fourth-order valence-corrected chi connectivity index (χ4v) is 3.89. The van der Waals surface area contributed by atoms with E-state index in [1.54, 1.807) is 0 Å². The largest absolute Gasteiger partial charge is 0.494 e. The van der Waals surface area contributed by atoms with Gasteiger partial charge in [-0.15, -0.1) is 0 Å². The Morgan fingerprint density at radius 3 is 2.53 bits per heavy atom. The average Bonchev–Trinajstić information content (AvgIpc) is 3.28. The number of likely N-dealkylation sites (tertiary alicyclic amines) is 1. The van der Waals surface area contributed by atoms with Gasteiger partial charge in [0.1, 0.15) is 5.75 Å². The average molecular weight is 435 g/mol. The summed E-state index contributed by atoms with van der Waals surface area (Å²) in [6, 6.07) is 15.9. The van der Waals surface area contributed by atoms with Gasteiger partial charge in [0, 0.05) is 18.0 Å². The van der Waals surface area contributed by atoms with Crippen molar-refractivity contribution in [3.8, 4) is 17.1 Å². The number of hydrogen-bond donors (Lipinski definition) is 1. The van der Waals surface area contributed by atoms with Crippen molar-refractivity contribution in [3.05, 3.63) is 65.5 Å². The summed E-state index contributed by atoms with van der Waals surface area (Å²) in [7, 11) is 0. The van der Waals surface area contributed by atoms with E-state index in [9.17, 15) is 4.79 Å². The molecule has 0 saturated carbocycles. The quantitative estimate of drug-likeness (QED) is 0.578. The molecule has 3 aromatic rings. The van der Waals surface area contributed by atoms with E-state index in [-0.39, 0.29) is 11.8 Å². The minimum absolute atomic E-state index is 0.0414. The molecule has 1 amide bonds. The Morgan fingerprint density at radius 2 is 1.84 bits per heavy atom. The molecule has 168 valence electrons. The number of benzene rings is 2. The first kappa shape index (κ1) is 22.0. The molecule has 1 fully saturated rings. The molecule has 0 atom stereocenters. The molecule has 0 radical (unpaired) electrons. The molecule has 0 spiro atoms. The zero-order valence-electron chi connectivity index (χ0n) is 18.7. The van der Waals surface area contributed by atoms with Crippen molar-refractivity contribution in [1.29, 1.82) is 0 Å². The number of piperidine rings is 1. The van der Waals surface area contributed by atoms with Crippen LogP contribution in [0.25, 0.3) is 11.4 Å². The van der Waals surface area contributed by atoms with Gasteiger partial charge in [-0.1, -0.05) is 47.1 Å². The van der Waals surface area contributed by atoms with E-state index >= 15 is 0 Å². The summed E-state index contributed by atoms with van der Waals surface area (Å²) in [5.41, 5.74) is 3.22.